The molecule has 0 saturated heterocycles. The molecule has 2 amide bonds. The highest BCUT2D eigenvalue weighted by Crippen LogP contribution is 2.35. The molecule has 0 bridgehead atoms. The van der Waals surface area contributed by atoms with Crippen LogP contribution in [-0.2, 0) is 0 Å². The zero-order valence-electron chi connectivity index (χ0n) is 20.6. The zero-order valence-corrected chi connectivity index (χ0v) is 20.6. The lowest BCUT2D eigenvalue weighted by atomic mass is 9.75. The highest BCUT2D eigenvalue weighted by Gasteiger charge is 2.25. The van der Waals surface area contributed by atoms with E-state index in [4.69, 9.17) is 9.47 Å². The number of carbonyl (C=O) groups excluding carboxylic acids is 2. The third-order valence-corrected chi connectivity index (χ3v) is 6.92. The van der Waals surface area contributed by atoms with Gasteiger partial charge in [0.05, 0.1) is 14.2 Å². The predicted octanol–water partition coefficient (Wildman–Crippen LogP) is 5.23. The second kappa shape index (κ2) is 13.0. The van der Waals surface area contributed by atoms with Gasteiger partial charge < -0.3 is 20.1 Å². The molecule has 34 heavy (non-hydrogen) atoms. The number of nitrogens with one attached hydrogen (secondary N) is 2. The lowest BCUT2D eigenvalue weighted by molar-refractivity contribution is 0.0934. The van der Waals surface area contributed by atoms with E-state index in [2.05, 4.69) is 17.6 Å². The Bertz CT molecular complexity index is 911. The lowest BCUT2D eigenvalue weighted by Gasteiger charge is -2.32. The van der Waals surface area contributed by atoms with Crippen LogP contribution < -0.4 is 20.1 Å². The first kappa shape index (κ1) is 25.6. The number of amides is 2. The minimum absolute atomic E-state index is 0.0371. The molecule has 3 rings (SSSR count). The molecule has 0 heterocycles. The van der Waals surface area contributed by atoms with E-state index in [-0.39, 0.29) is 17.9 Å². The number of hydrogen-bond acceptors (Lipinski definition) is 4. The molecule has 3 unspecified atom stereocenters. The molecule has 3 atom stereocenters. The fourth-order valence-corrected chi connectivity index (χ4v) is 4.85. The van der Waals surface area contributed by atoms with Crippen molar-refractivity contribution in [3.8, 4) is 11.5 Å². The van der Waals surface area contributed by atoms with Crippen LogP contribution in [-0.4, -0.2) is 38.6 Å². The van der Waals surface area contributed by atoms with Crippen LogP contribution in [0.4, 0.5) is 0 Å². The van der Waals surface area contributed by atoms with Crippen LogP contribution in [0.5, 0.6) is 11.5 Å². The molecule has 6 nitrogen and oxygen atoms in total. The second-order valence-corrected chi connectivity index (χ2v) is 9.26. The third kappa shape index (κ3) is 7.51. The number of carbonyl (C=O) groups is 2. The number of hydrogen-bond donors (Lipinski definition) is 2. The van der Waals surface area contributed by atoms with E-state index in [1.54, 1.807) is 62.8 Å². The number of ether oxygens (including phenoxy) is 2. The first-order valence-corrected chi connectivity index (χ1v) is 12.4. The second-order valence-electron chi connectivity index (χ2n) is 9.26. The van der Waals surface area contributed by atoms with Crippen LogP contribution in [0.1, 0.15) is 72.6 Å². The largest absolute Gasteiger partial charge is 0.497 e. The summed E-state index contributed by atoms with van der Waals surface area (Å²) in [5.74, 6) is 2.67. The SMILES string of the molecule is COc1ccc(C(=O)NCCC2CCCCC2CCC(C)NC(=O)c2ccc(OC)cc2)cc1. The molecule has 0 aliphatic heterocycles. The molecule has 2 N–H and O–H groups in total. The Balaban J connectivity index is 1.42. The fraction of sp³-hybridized carbons (Fsp3) is 0.500. The van der Waals surface area contributed by atoms with Crippen LogP contribution in [0.25, 0.3) is 0 Å². The van der Waals surface area contributed by atoms with Crippen molar-refractivity contribution < 1.29 is 19.1 Å². The molecule has 0 radical (unpaired) electrons. The molecular formula is C28H38N2O4. The molecular weight excluding hydrogens is 428 g/mol. The summed E-state index contributed by atoms with van der Waals surface area (Å²) in [6.45, 7) is 2.77. The van der Waals surface area contributed by atoms with Gasteiger partial charge in [-0.15, -0.1) is 0 Å². The molecule has 184 valence electrons. The van der Waals surface area contributed by atoms with E-state index in [1.165, 1.54) is 25.7 Å². The Labute approximate surface area is 203 Å². The number of rotatable bonds is 11. The van der Waals surface area contributed by atoms with Crippen molar-refractivity contribution in [2.45, 2.75) is 57.9 Å². The first-order valence-electron chi connectivity index (χ1n) is 12.4. The molecule has 1 aliphatic carbocycles. The summed E-state index contributed by atoms with van der Waals surface area (Å²) >= 11 is 0. The fourth-order valence-electron chi connectivity index (χ4n) is 4.85. The molecule has 0 spiro atoms. The van der Waals surface area contributed by atoms with Crippen LogP contribution in [0.3, 0.4) is 0 Å². The van der Waals surface area contributed by atoms with E-state index in [0.717, 1.165) is 30.8 Å². The summed E-state index contributed by atoms with van der Waals surface area (Å²) in [6, 6.07) is 14.5. The average Bonchev–Trinajstić information content (AvgIpc) is 2.88. The summed E-state index contributed by atoms with van der Waals surface area (Å²) in [4.78, 5) is 25.0. The smallest absolute Gasteiger partial charge is 0.251 e. The van der Waals surface area contributed by atoms with Crippen LogP contribution >= 0.6 is 0 Å². The standard InChI is InChI=1S/C28H38N2O4/c1-20(30-28(32)24-12-16-26(34-3)17-13-24)8-9-21-6-4-5-7-22(21)18-19-29-27(31)23-10-14-25(33-2)15-11-23/h10-17,20-22H,4-9,18-19H2,1-3H3,(H,29,31)(H,30,32). The van der Waals surface area contributed by atoms with Gasteiger partial charge in [0.1, 0.15) is 11.5 Å². The molecule has 2 aromatic rings. The Morgan fingerprint density at radius 1 is 0.824 bits per heavy atom. The summed E-state index contributed by atoms with van der Waals surface area (Å²) in [6.07, 6.45) is 8.04. The molecule has 1 saturated carbocycles. The van der Waals surface area contributed by atoms with Gasteiger partial charge >= 0.3 is 0 Å². The van der Waals surface area contributed by atoms with Gasteiger partial charge in [-0.1, -0.05) is 25.7 Å². The van der Waals surface area contributed by atoms with Gasteiger partial charge in [-0.3, -0.25) is 9.59 Å². The summed E-state index contributed by atoms with van der Waals surface area (Å²) < 4.78 is 10.3. The highest BCUT2D eigenvalue weighted by molar-refractivity contribution is 5.94. The predicted molar refractivity (Wildman–Crippen MR) is 135 cm³/mol. The van der Waals surface area contributed by atoms with Gasteiger partial charge in [-0.2, -0.15) is 0 Å². The first-order chi connectivity index (χ1) is 16.5. The van der Waals surface area contributed by atoms with Gasteiger partial charge in [0.25, 0.3) is 11.8 Å². The van der Waals surface area contributed by atoms with Crippen molar-refractivity contribution >= 4 is 11.8 Å². The summed E-state index contributed by atoms with van der Waals surface area (Å²) in [5, 5.41) is 6.20. The topological polar surface area (TPSA) is 76.7 Å². The van der Waals surface area contributed by atoms with E-state index in [1.807, 2.05) is 0 Å². The maximum absolute atomic E-state index is 12.5. The van der Waals surface area contributed by atoms with Crippen molar-refractivity contribution in [3.63, 3.8) is 0 Å². The Kier molecular flexibility index (Phi) is 9.80. The van der Waals surface area contributed by atoms with E-state index >= 15 is 0 Å². The maximum atomic E-state index is 12.5. The van der Waals surface area contributed by atoms with Crippen LogP contribution in [0.15, 0.2) is 48.5 Å². The molecule has 2 aromatic carbocycles. The number of benzene rings is 2. The average molecular weight is 467 g/mol. The van der Waals surface area contributed by atoms with Crippen LogP contribution in [0, 0.1) is 11.8 Å². The van der Waals surface area contributed by atoms with Gasteiger partial charge in [-0.25, -0.2) is 0 Å². The number of methoxy groups -OCH3 is 2. The zero-order chi connectivity index (χ0) is 24.3. The Hall–Kier alpha value is -3.02. The van der Waals surface area contributed by atoms with Gasteiger partial charge in [0, 0.05) is 23.7 Å². The Morgan fingerprint density at radius 3 is 1.85 bits per heavy atom. The van der Waals surface area contributed by atoms with Crippen molar-refractivity contribution in [1.29, 1.82) is 0 Å². The summed E-state index contributed by atoms with van der Waals surface area (Å²) in [5.41, 5.74) is 1.30. The maximum Gasteiger partial charge on any atom is 0.251 e. The van der Waals surface area contributed by atoms with Gasteiger partial charge in [0.15, 0.2) is 0 Å². The van der Waals surface area contributed by atoms with E-state index in [9.17, 15) is 9.59 Å². The highest BCUT2D eigenvalue weighted by atomic mass is 16.5. The monoisotopic (exact) mass is 466 g/mol. The van der Waals surface area contributed by atoms with E-state index in [0.29, 0.717) is 29.5 Å². The van der Waals surface area contributed by atoms with Crippen molar-refractivity contribution in [2.75, 3.05) is 20.8 Å². The van der Waals surface area contributed by atoms with Crippen molar-refractivity contribution in [3.05, 3.63) is 59.7 Å². The molecule has 1 fully saturated rings. The van der Waals surface area contributed by atoms with Gasteiger partial charge in [0.2, 0.25) is 0 Å². The minimum Gasteiger partial charge on any atom is -0.497 e. The van der Waals surface area contributed by atoms with Crippen LogP contribution in [0.2, 0.25) is 0 Å². The molecule has 1 aliphatic rings. The quantitative estimate of drug-likeness (QED) is 0.475. The van der Waals surface area contributed by atoms with E-state index < -0.39 is 0 Å². The van der Waals surface area contributed by atoms with Crippen molar-refractivity contribution in [1.82, 2.24) is 10.6 Å². The molecule has 0 aromatic heterocycles. The minimum atomic E-state index is -0.0448. The normalized spacial score (nSPS) is 18.6. The lowest BCUT2D eigenvalue weighted by Crippen LogP contribution is -2.34. The Morgan fingerprint density at radius 2 is 1.32 bits per heavy atom. The van der Waals surface area contributed by atoms with Crippen molar-refractivity contribution in [2.24, 2.45) is 11.8 Å². The van der Waals surface area contributed by atoms with Gasteiger partial charge in [-0.05, 0) is 86.6 Å². The summed E-state index contributed by atoms with van der Waals surface area (Å²) in [7, 11) is 3.23. The molecule has 6 heteroatoms. The third-order valence-electron chi connectivity index (χ3n) is 6.92.